The van der Waals surface area contributed by atoms with Gasteiger partial charge in [0.05, 0.1) is 11.4 Å². The molecule has 0 unspecified atom stereocenters. The first-order valence-corrected chi connectivity index (χ1v) is 8.34. The molecular weight excluding hydrogens is 256 g/mol. The quantitative estimate of drug-likeness (QED) is 0.706. The molecule has 120 valence electrons. The third kappa shape index (κ3) is 3.93. The molecule has 0 aliphatic heterocycles. The van der Waals surface area contributed by atoms with Crippen LogP contribution in [0, 0.1) is 6.92 Å². The van der Waals surface area contributed by atoms with Crippen LogP contribution in [0.25, 0.3) is 0 Å². The summed E-state index contributed by atoms with van der Waals surface area (Å²) in [6.45, 7) is 20.5. The van der Waals surface area contributed by atoms with Gasteiger partial charge in [-0.25, -0.2) is 0 Å². The van der Waals surface area contributed by atoms with Gasteiger partial charge in [-0.1, -0.05) is 12.1 Å². The van der Waals surface area contributed by atoms with Gasteiger partial charge >= 0.3 is 0 Å². The normalized spacial score (nSPS) is 11.9. The molecule has 0 aromatic heterocycles. The van der Waals surface area contributed by atoms with Crippen molar-refractivity contribution in [1.82, 2.24) is 0 Å². The summed E-state index contributed by atoms with van der Waals surface area (Å²) >= 11 is 0. The predicted molar refractivity (Wildman–Crippen MR) is 96.7 cm³/mol. The van der Waals surface area contributed by atoms with Crippen LogP contribution in [-0.2, 0) is 0 Å². The average molecular weight is 290 g/mol. The molecule has 0 aliphatic rings. The van der Waals surface area contributed by atoms with Crippen molar-refractivity contribution in [3.05, 3.63) is 23.8 Å². The summed E-state index contributed by atoms with van der Waals surface area (Å²) in [6, 6.07) is 8.66. The zero-order valence-corrected chi connectivity index (χ0v) is 15.4. The Balaban J connectivity index is 3.50. The maximum absolute atomic E-state index is 2.54. The van der Waals surface area contributed by atoms with E-state index in [2.05, 4.69) is 90.3 Å². The summed E-state index contributed by atoms with van der Waals surface area (Å²) in [6.07, 6.45) is 0. The Kier molecular flexibility index (Phi) is 6.12. The fourth-order valence-corrected chi connectivity index (χ4v) is 3.45. The Bertz CT molecular complexity index is 431. The molecule has 0 spiro atoms. The highest BCUT2D eigenvalue weighted by molar-refractivity contribution is 5.76. The van der Waals surface area contributed by atoms with E-state index in [1.165, 1.54) is 16.9 Å². The first kappa shape index (κ1) is 17.9. The zero-order valence-electron chi connectivity index (χ0n) is 15.4. The van der Waals surface area contributed by atoms with Crippen molar-refractivity contribution < 1.29 is 0 Å². The lowest BCUT2D eigenvalue weighted by Gasteiger charge is -2.41. The van der Waals surface area contributed by atoms with Crippen LogP contribution >= 0.6 is 0 Å². The molecule has 0 N–H and O–H groups in total. The van der Waals surface area contributed by atoms with E-state index >= 15 is 0 Å². The molecule has 0 atom stereocenters. The molecule has 0 radical (unpaired) electrons. The van der Waals surface area contributed by atoms with Gasteiger partial charge < -0.3 is 9.80 Å². The van der Waals surface area contributed by atoms with E-state index < -0.39 is 0 Å². The minimum absolute atomic E-state index is 0.492. The second-order valence-corrected chi connectivity index (χ2v) is 7.13. The van der Waals surface area contributed by atoms with Crippen LogP contribution in [0.4, 0.5) is 11.4 Å². The van der Waals surface area contributed by atoms with Crippen LogP contribution in [0.2, 0.25) is 0 Å². The molecule has 0 saturated carbocycles. The molecule has 0 fully saturated rings. The van der Waals surface area contributed by atoms with Crippen LogP contribution in [0.5, 0.6) is 0 Å². The Morgan fingerprint density at radius 2 is 1.10 bits per heavy atom. The molecule has 0 aliphatic carbocycles. The molecule has 0 saturated heterocycles. The molecule has 1 rings (SSSR count). The van der Waals surface area contributed by atoms with Crippen LogP contribution < -0.4 is 9.80 Å². The number of para-hydroxylation sites is 1. The minimum Gasteiger partial charge on any atom is -0.365 e. The molecule has 0 amide bonds. The third-order valence-electron chi connectivity index (χ3n) is 3.98. The van der Waals surface area contributed by atoms with Crippen molar-refractivity contribution in [2.75, 3.05) is 9.80 Å². The van der Waals surface area contributed by atoms with Crippen molar-refractivity contribution >= 4 is 11.4 Å². The average Bonchev–Trinajstić information content (AvgIpc) is 2.31. The minimum atomic E-state index is 0.492. The number of hydrogen-bond donors (Lipinski definition) is 0. The lowest BCUT2D eigenvalue weighted by molar-refractivity contribution is 0.586. The largest absolute Gasteiger partial charge is 0.365 e. The monoisotopic (exact) mass is 290 g/mol. The van der Waals surface area contributed by atoms with Crippen molar-refractivity contribution in [2.45, 2.75) is 86.5 Å². The Morgan fingerprint density at radius 1 is 0.667 bits per heavy atom. The number of nitrogens with zero attached hydrogens (tertiary/aromatic N) is 2. The maximum Gasteiger partial charge on any atom is 0.0638 e. The second-order valence-electron chi connectivity index (χ2n) is 7.13. The van der Waals surface area contributed by atoms with E-state index in [0.717, 1.165) is 0 Å². The number of hydrogen-bond acceptors (Lipinski definition) is 2. The van der Waals surface area contributed by atoms with Gasteiger partial charge in [-0.05, 0) is 73.9 Å². The molecule has 1 aromatic carbocycles. The SMILES string of the molecule is Cc1cccc(N(C(C)C)C(C)C)c1N(C(C)C)C(C)C. The van der Waals surface area contributed by atoms with E-state index in [0.29, 0.717) is 24.2 Å². The lowest BCUT2D eigenvalue weighted by Crippen LogP contribution is -2.42. The molecule has 2 heteroatoms. The van der Waals surface area contributed by atoms with Crippen LogP contribution in [0.15, 0.2) is 18.2 Å². The zero-order chi connectivity index (χ0) is 16.3. The van der Waals surface area contributed by atoms with Crippen molar-refractivity contribution in [3.63, 3.8) is 0 Å². The van der Waals surface area contributed by atoms with E-state index in [1.807, 2.05) is 0 Å². The van der Waals surface area contributed by atoms with Crippen molar-refractivity contribution in [2.24, 2.45) is 0 Å². The molecule has 21 heavy (non-hydrogen) atoms. The van der Waals surface area contributed by atoms with Crippen LogP contribution in [-0.4, -0.2) is 24.2 Å². The second kappa shape index (κ2) is 7.20. The van der Waals surface area contributed by atoms with Gasteiger partial charge in [-0.2, -0.15) is 0 Å². The fraction of sp³-hybridized carbons (Fsp3) is 0.684. The fourth-order valence-electron chi connectivity index (χ4n) is 3.45. The topological polar surface area (TPSA) is 6.48 Å². The highest BCUT2D eigenvalue weighted by Gasteiger charge is 2.24. The third-order valence-corrected chi connectivity index (χ3v) is 3.98. The highest BCUT2D eigenvalue weighted by Crippen LogP contribution is 2.37. The molecule has 0 bridgehead atoms. The van der Waals surface area contributed by atoms with Crippen molar-refractivity contribution in [3.8, 4) is 0 Å². The number of anilines is 2. The van der Waals surface area contributed by atoms with Crippen LogP contribution in [0.3, 0.4) is 0 Å². The first-order chi connectivity index (χ1) is 9.68. The molecule has 2 nitrogen and oxygen atoms in total. The first-order valence-electron chi connectivity index (χ1n) is 8.34. The summed E-state index contributed by atoms with van der Waals surface area (Å²) in [4.78, 5) is 5.07. The predicted octanol–water partition coefficient (Wildman–Crippen LogP) is 5.24. The number of benzene rings is 1. The molecular formula is C19H34N2. The van der Waals surface area contributed by atoms with E-state index in [9.17, 15) is 0 Å². The van der Waals surface area contributed by atoms with Gasteiger partial charge in [0, 0.05) is 24.2 Å². The van der Waals surface area contributed by atoms with Gasteiger partial charge in [0.2, 0.25) is 0 Å². The highest BCUT2D eigenvalue weighted by atomic mass is 15.2. The van der Waals surface area contributed by atoms with Gasteiger partial charge in [0.25, 0.3) is 0 Å². The summed E-state index contributed by atoms with van der Waals surface area (Å²) in [7, 11) is 0. The van der Waals surface area contributed by atoms with E-state index in [4.69, 9.17) is 0 Å². The summed E-state index contributed by atoms with van der Waals surface area (Å²) in [5.41, 5.74) is 4.12. The Morgan fingerprint density at radius 3 is 1.48 bits per heavy atom. The molecule has 1 aromatic rings. The summed E-state index contributed by atoms with van der Waals surface area (Å²) in [5, 5.41) is 0. The van der Waals surface area contributed by atoms with E-state index in [-0.39, 0.29) is 0 Å². The number of rotatable bonds is 6. The van der Waals surface area contributed by atoms with Crippen molar-refractivity contribution in [1.29, 1.82) is 0 Å². The maximum atomic E-state index is 2.54. The van der Waals surface area contributed by atoms with E-state index in [1.54, 1.807) is 0 Å². The Labute approximate surface area is 132 Å². The van der Waals surface area contributed by atoms with Gasteiger partial charge in [-0.3, -0.25) is 0 Å². The van der Waals surface area contributed by atoms with Gasteiger partial charge in [-0.15, -0.1) is 0 Å². The van der Waals surface area contributed by atoms with Gasteiger partial charge in [0.1, 0.15) is 0 Å². The molecule has 0 heterocycles. The standard InChI is InChI=1S/C19H34N2/c1-13(2)20(14(3)4)18-12-10-11-17(9)19(18)21(15(5)6)16(7)8/h10-16H,1-9H3. The summed E-state index contributed by atoms with van der Waals surface area (Å²) < 4.78 is 0. The van der Waals surface area contributed by atoms with Crippen LogP contribution in [0.1, 0.15) is 61.0 Å². The van der Waals surface area contributed by atoms with Gasteiger partial charge in [0.15, 0.2) is 0 Å². The Hall–Kier alpha value is -1.18. The lowest BCUT2D eigenvalue weighted by atomic mass is 10.0. The number of aryl methyl sites for hydroxylation is 1. The smallest absolute Gasteiger partial charge is 0.0638 e. The summed E-state index contributed by atoms with van der Waals surface area (Å²) in [5.74, 6) is 0.